The van der Waals surface area contributed by atoms with Crippen LogP contribution in [0.5, 0.6) is 11.5 Å². The molecular weight excluding hydrogens is 386 g/mol. The summed E-state index contributed by atoms with van der Waals surface area (Å²) in [5.41, 5.74) is -1.85. The Morgan fingerprint density at radius 3 is 2.00 bits per heavy atom. The summed E-state index contributed by atoms with van der Waals surface area (Å²) in [4.78, 5) is 33.4. The van der Waals surface area contributed by atoms with Gasteiger partial charge >= 0.3 is 11.9 Å². The summed E-state index contributed by atoms with van der Waals surface area (Å²) in [5.74, 6) is -6.02. The first-order valence-corrected chi connectivity index (χ1v) is 8.31. The molecule has 27 heavy (non-hydrogen) atoms. The third-order valence-electron chi connectivity index (χ3n) is 3.34. The lowest BCUT2D eigenvalue weighted by Gasteiger charge is -2.11. The molecule has 2 aromatic rings. The number of rotatable bonds is 5. The normalized spacial score (nSPS) is 11.0. The smallest absolute Gasteiger partial charge is 0.337 e. The van der Waals surface area contributed by atoms with Crippen LogP contribution >= 0.6 is 0 Å². The Bertz CT molecular complexity index is 1070. The molecule has 0 bridgehead atoms. The van der Waals surface area contributed by atoms with Crippen LogP contribution in [0.1, 0.15) is 31.1 Å². The van der Waals surface area contributed by atoms with Gasteiger partial charge in [0.25, 0.3) is 16.0 Å². The predicted octanol–water partition coefficient (Wildman–Crippen LogP) is 0.993. The SMILES string of the molecule is O=C(O)c1ccc(C(=O)O)c(NC(=O)c2cc(O)c(S(=O)(=O)O)cc2O)c1. The van der Waals surface area contributed by atoms with Crippen LogP contribution in [0, 0.1) is 0 Å². The monoisotopic (exact) mass is 397 g/mol. The fraction of sp³-hybridized carbons (Fsp3) is 0. The number of carboxylic acids is 2. The van der Waals surface area contributed by atoms with Crippen molar-refractivity contribution >= 4 is 33.7 Å². The molecule has 142 valence electrons. The largest absolute Gasteiger partial charge is 0.507 e. The number of hydrogen-bond acceptors (Lipinski definition) is 7. The second kappa shape index (κ2) is 6.93. The number of carbonyl (C=O) groups is 3. The van der Waals surface area contributed by atoms with Crippen LogP contribution in [0.25, 0.3) is 0 Å². The van der Waals surface area contributed by atoms with E-state index in [9.17, 15) is 33.0 Å². The van der Waals surface area contributed by atoms with Crippen LogP contribution < -0.4 is 5.32 Å². The average molecular weight is 397 g/mol. The number of anilines is 1. The lowest BCUT2D eigenvalue weighted by Crippen LogP contribution is -2.16. The van der Waals surface area contributed by atoms with Crippen molar-refractivity contribution in [2.24, 2.45) is 0 Å². The second-order valence-electron chi connectivity index (χ2n) is 5.14. The molecule has 0 saturated heterocycles. The topological polar surface area (TPSA) is 199 Å². The number of carboxylic acid groups (broad SMARTS) is 2. The quantitative estimate of drug-likeness (QED) is 0.312. The summed E-state index contributed by atoms with van der Waals surface area (Å²) in [6.07, 6.45) is 0. The van der Waals surface area contributed by atoms with Gasteiger partial charge in [0.15, 0.2) is 0 Å². The molecule has 2 aromatic carbocycles. The second-order valence-corrected chi connectivity index (χ2v) is 6.53. The lowest BCUT2D eigenvalue weighted by atomic mass is 10.1. The Balaban J connectivity index is 2.49. The van der Waals surface area contributed by atoms with Crippen LogP contribution in [-0.4, -0.2) is 51.2 Å². The van der Waals surface area contributed by atoms with E-state index in [1.165, 1.54) is 0 Å². The van der Waals surface area contributed by atoms with Gasteiger partial charge in [-0.05, 0) is 24.3 Å². The van der Waals surface area contributed by atoms with E-state index in [4.69, 9.17) is 14.8 Å². The van der Waals surface area contributed by atoms with Gasteiger partial charge in [-0.3, -0.25) is 9.35 Å². The number of aromatic carboxylic acids is 2. The van der Waals surface area contributed by atoms with Crippen LogP contribution in [-0.2, 0) is 10.1 Å². The number of phenols is 2. The maximum Gasteiger partial charge on any atom is 0.337 e. The van der Waals surface area contributed by atoms with Gasteiger partial charge in [-0.1, -0.05) is 0 Å². The predicted molar refractivity (Wildman–Crippen MR) is 87.9 cm³/mol. The van der Waals surface area contributed by atoms with Crippen molar-refractivity contribution in [2.75, 3.05) is 5.32 Å². The van der Waals surface area contributed by atoms with Crippen molar-refractivity contribution in [3.8, 4) is 11.5 Å². The Labute approximate surface area is 150 Å². The summed E-state index contributed by atoms with van der Waals surface area (Å²) < 4.78 is 31.0. The molecule has 0 aromatic heterocycles. The maximum atomic E-state index is 12.3. The number of hydrogen-bond donors (Lipinski definition) is 6. The fourth-order valence-corrected chi connectivity index (χ4v) is 2.69. The van der Waals surface area contributed by atoms with Gasteiger partial charge in [-0.2, -0.15) is 8.42 Å². The summed E-state index contributed by atoms with van der Waals surface area (Å²) in [6, 6.07) is 3.78. The van der Waals surface area contributed by atoms with Crippen LogP contribution in [0.15, 0.2) is 35.2 Å². The van der Waals surface area contributed by atoms with Crippen molar-refractivity contribution in [1.29, 1.82) is 0 Å². The van der Waals surface area contributed by atoms with Crippen molar-refractivity contribution in [3.05, 3.63) is 47.0 Å². The number of nitrogens with one attached hydrogen (secondary N) is 1. The lowest BCUT2D eigenvalue weighted by molar-refractivity contribution is 0.0682. The van der Waals surface area contributed by atoms with Gasteiger partial charge in [0.1, 0.15) is 16.4 Å². The minimum atomic E-state index is -4.88. The first-order chi connectivity index (χ1) is 12.4. The highest BCUT2D eigenvalue weighted by atomic mass is 32.2. The van der Waals surface area contributed by atoms with E-state index in [0.29, 0.717) is 12.1 Å². The highest BCUT2D eigenvalue weighted by Crippen LogP contribution is 2.31. The number of aromatic hydroxyl groups is 2. The molecule has 1 amide bonds. The van der Waals surface area contributed by atoms with Crippen LogP contribution in [0.3, 0.4) is 0 Å². The first kappa shape index (κ1) is 19.7. The van der Waals surface area contributed by atoms with E-state index in [-0.39, 0.29) is 5.56 Å². The molecule has 0 aliphatic rings. The molecule has 0 unspecified atom stereocenters. The zero-order valence-corrected chi connectivity index (χ0v) is 13.9. The Kier molecular flexibility index (Phi) is 5.05. The van der Waals surface area contributed by atoms with Crippen molar-refractivity contribution in [2.45, 2.75) is 4.90 Å². The summed E-state index contributed by atoms with van der Waals surface area (Å²) >= 11 is 0. The molecule has 0 heterocycles. The minimum Gasteiger partial charge on any atom is -0.507 e. The Morgan fingerprint density at radius 2 is 1.48 bits per heavy atom. The summed E-state index contributed by atoms with van der Waals surface area (Å²) in [5, 5.41) is 39.6. The van der Waals surface area contributed by atoms with E-state index in [2.05, 4.69) is 5.32 Å². The molecule has 0 aliphatic heterocycles. The van der Waals surface area contributed by atoms with Crippen molar-refractivity contribution in [3.63, 3.8) is 0 Å². The molecule has 0 saturated carbocycles. The highest BCUT2D eigenvalue weighted by Gasteiger charge is 2.23. The molecule has 12 heteroatoms. The molecule has 11 nitrogen and oxygen atoms in total. The number of benzene rings is 2. The first-order valence-electron chi connectivity index (χ1n) is 6.87. The zero-order valence-electron chi connectivity index (χ0n) is 13.1. The molecule has 6 N–H and O–H groups in total. The summed E-state index contributed by atoms with van der Waals surface area (Å²) in [6.45, 7) is 0. The third kappa shape index (κ3) is 4.13. The van der Waals surface area contributed by atoms with Gasteiger partial charge < -0.3 is 25.7 Å². The van der Waals surface area contributed by atoms with E-state index in [1.807, 2.05) is 0 Å². The van der Waals surface area contributed by atoms with Gasteiger partial charge in [0.2, 0.25) is 0 Å². The molecule has 2 rings (SSSR count). The number of amides is 1. The van der Waals surface area contributed by atoms with Gasteiger partial charge in [-0.25, -0.2) is 9.59 Å². The molecular formula is C15H11NO10S. The molecule has 0 aliphatic carbocycles. The number of carbonyl (C=O) groups excluding carboxylic acids is 1. The average Bonchev–Trinajstić information content (AvgIpc) is 2.55. The van der Waals surface area contributed by atoms with E-state index in [1.54, 1.807) is 0 Å². The minimum absolute atomic E-state index is 0.330. The van der Waals surface area contributed by atoms with Crippen LogP contribution in [0.4, 0.5) is 5.69 Å². The molecule has 0 spiro atoms. The fourth-order valence-electron chi connectivity index (χ4n) is 2.10. The highest BCUT2D eigenvalue weighted by molar-refractivity contribution is 7.86. The maximum absolute atomic E-state index is 12.3. The molecule has 0 radical (unpaired) electrons. The number of phenolic OH excluding ortho intramolecular Hbond substituents is 2. The standard InChI is InChI=1S/C15H11NO10S/c17-10-5-12(27(24,25)26)11(18)4-8(10)13(19)16-9-3-6(14(20)21)1-2-7(9)15(22)23/h1-5,17-18H,(H,16,19)(H,20,21)(H,22,23)(H,24,25,26). The van der Waals surface area contributed by atoms with E-state index < -0.39 is 61.2 Å². The molecule has 0 atom stereocenters. The Hall–Kier alpha value is -3.64. The van der Waals surface area contributed by atoms with Gasteiger partial charge in [0.05, 0.1) is 22.4 Å². The summed E-state index contributed by atoms with van der Waals surface area (Å²) in [7, 11) is -4.88. The third-order valence-corrected chi connectivity index (χ3v) is 4.23. The van der Waals surface area contributed by atoms with Gasteiger partial charge in [0, 0.05) is 6.07 Å². The molecule has 0 fully saturated rings. The van der Waals surface area contributed by atoms with Crippen LogP contribution in [0.2, 0.25) is 0 Å². The van der Waals surface area contributed by atoms with Gasteiger partial charge in [-0.15, -0.1) is 0 Å². The Morgan fingerprint density at radius 1 is 0.852 bits per heavy atom. The van der Waals surface area contributed by atoms with Crippen molar-refractivity contribution in [1.82, 2.24) is 0 Å². The zero-order chi connectivity index (χ0) is 20.5. The van der Waals surface area contributed by atoms with E-state index >= 15 is 0 Å². The van der Waals surface area contributed by atoms with E-state index in [0.717, 1.165) is 18.2 Å². The van der Waals surface area contributed by atoms with Crippen molar-refractivity contribution < 1.29 is 47.8 Å².